The maximum absolute atomic E-state index is 13.5. The van der Waals surface area contributed by atoms with Gasteiger partial charge >= 0.3 is 0 Å². The maximum Gasteiger partial charge on any atom is 0.266 e. The number of benzene rings is 1. The Balaban J connectivity index is 1.63. The van der Waals surface area contributed by atoms with Crippen LogP contribution in [-0.2, 0) is 15.1 Å². The summed E-state index contributed by atoms with van der Waals surface area (Å²) in [5.74, 6) is 7.90. The highest BCUT2D eigenvalue weighted by atomic mass is 16.5. The number of likely N-dealkylation sites (N-methyl/N-ethyl adjacent to an activating group) is 1. The maximum atomic E-state index is 13.5. The molecule has 2 fully saturated rings. The van der Waals surface area contributed by atoms with Crippen molar-refractivity contribution < 1.29 is 14.3 Å². The van der Waals surface area contributed by atoms with Gasteiger partial charge in [0.25, 0.3) is 5.91 Å². The molecule has 2 aliphatic carbocycles. The lowest BCUT2D eigenvalue weighted by molar-refractivity contribution is -0.140. The third kappa shape index (κ3) is 2.32. The molecule has 2 spiro atoms. The second-order valence-electron chi connectivity index (χ2n) is 8.33. The molecular weight excluding hydrogens is 354 g/mol. The number of methoxy groups -OCH3 is 1. The van der Waals surface area contributed by atoms with Crippen LogP contribution in [0.4, 0.5) is 0 Å². The topological polar surface area (TPSA) is 77.2 Å². The standard InChI is InChI=1S/C22H25N3O3/c1-25-19(26)22(24-20(25)23)17-13-15(6-5-14-3-4-14)7-8-18(17)28-21(22)11-9-16(27-2)10-12-21/h7-8,13-14,16H,3-4,9-12H2,1-2H3,(H2,23,24). The van der Waals surface area contributed by atoms with Gasteiger partial charge in [0.1, 0.15) is 11.4 Å². The number of hydrogen-bond donors (Lipinski definition) is 1. The van der Waals surface area contributed by atoms with Crippen LogP contribution in [0, 0.1) is 17.8 Å². The van der Waals surface area contributed by atoms with Gasteiger partial charge in [-0.2, -0.15) is 0 Å². The number of hydrogen-bond acceptors (Lipinski definition) is 5. The number of aliphatic imine (C=N–C) groups is 1. The summed E-state index contributed by atoms with van der Waals surface area (Å²) in [6, 6.07) is 5.89. The zero-order chi connectivity index (χ0) is 19.5. The molecule has 28 heavy (non-hydrogen) atoms. The summed E-state index contributed by atoms with van der Waals surface area (Å²) >= 11 is 0. The summed E-state index contributed by atoms with van der Waals surface area (Å²) in [6.07, 6.45) is 5.59. The summed E-state index contributed by atoms with van der Waals surface area (Å²) < 4.78 is 12.1. The molecule has 6 nitrogen and oxygen atoms in total. The van der Waals surface area contributed by atoms with Gasteiger partial charge in [-0.15, -0.1) is 0 Å². The van der Waals surface area contributed by atoms with E-state index in [4.69, 9.17) is 20.2 Å². The predicted octanol–water partition coefficient (Wildman–Crippen LogP) is 2.15. The van der Waals surface area contributed by atoms with Crippen LogP contribution in [0.1, 0.15) is 49.7 Å². The zero-order valence-electron chi connectivity index (χ0n) is 16.3. The molecule has 2 heterocycles. The molecule has 6 heteroatoms. The molecule has 0 aromatic heterocycles. The van der Waals surface area contributed by atoms with Gasteiger partial charge in [0.15, 0.2) is 5.96 Å². The molecule has 2 N–H and O–H groups in total. The van der Waals surface area contributed by atoms with Gasteiger partial charge in [0.05, 0.1) is 6.10 Å². The molecule has 1 atom stereocenters. The molecule has 0 radical (unpaired) electrons. The van der Waals surface area contributed by atoms with E-state index < -0.39 is 11.1 Å². The fraction of sp³-hybridized carbons (Fsp3) is 0.545. The van der Waals surface area contributed by atoms with E-state index in [1.165, 1.54) is 17.7 Å². The molecule has 0 bridgehead atoms. The Morgan fingerprint density at radius 2 is 2.04 bits per heavy atom. The van der Waals surface area contributed by atoms with Gasteiger partial charge in [-0.25, -0.2) is 4.99 Å². The predicted molar refractivity (Wildman–Crippen MR) is 105 cm³/mol. The SMILES string of the molecule is COC1CCC2(CC1)Oc1ccc(C#CC3CC3)cc1C21N=C(N)N(C)C1=O. The largest absolute Gasteiger partial charge is 0.483 e. The van der Waals surface area contributed by atoms with E-state index >= 15 is 0 Å². The van der Waals surface area contributed by atoms with Crippen molar-refractivity contribution in [3.8, 4) is 17.6 Å². The molecule has 2 saturated carbocycles. The summed E-state index contributed by atoms with van der Waals surface area (Å²) in [4.78, 5) is 19.7. The van der Waals surface area contributed by atoms with Crippen LogP contribution in [-0.4, -0.2) is 42.6 Å². The minimum absolute atomic E-state index is 0.119. The quantitative estimate of drug-likeness (QED) is 0.759. The molecule has 1 amide bonds. The molecule has 1 unspecified atom stereocenters. The monoisotopic (exact) mass is 379 g/mol. The Morgan fingerprint density at radius 1 is 1.29 bits per heavy atom. The van der Waals surface area contributed by atoms with E-state index in [0.717, 1.165) is 24.0 Å². The average molecular weight is 379 g/mol. The summed E-state index contributed by atoms with van der Waals surface area (Å²) in [7, 11) is 3.41. The van der Waals surface area contributed by atoms with Gasteiger partial charge in [0.2, 0.25) is 5.54 Å². The highest BCUT2D eigenvalue weighted by Gasteiger charge is 2.68. The van der Waals surface area contributed by atoms with E-state index in [2.05, 4.69) is 11.8 Å². The van der Waals surface area contributed by atoms with E-state index in [-0.39, 0.29) is 18.0 Å². The molecule has 4 aliphatic rings. The second kappa shape index (κ2) is 5.99. The number of rotatable bonds is 1. The Morgan fingerprint density at radius 3 is 2.64 bits per heavy atom. The van der Waals surface area contributed by atoms with Crippen molar-refractivity contribution in [2.75, 3.05) is 14.2 Å². The summed E-state index contributed by atoms with van der Waals surface area (Å²) in [6.45, 7) is 0. The first-order chi connectivity index (χ1) is 13.5. The molecule has 146 valence electrons. The van der Waals surface area contributed by atoms with Crippen molar-refractivity contribution in [1.29, 1.82) is 0 Å². The summed E-state index contributed by atoms with van der Waals surface area (Å²) in [5, 5.41) is 0. The van der Waals surface area contributed by atoms with Crippen molar-refractivity contribution in [2.45, 2.75) is 55.8 Å². The van der Waals surface area contributed by atoms with E-state index in [0.29, 0.717) is 24.5 Å². The minimum Gasteiger partial charge on any atom is -0.483 e. The van der Waals surface area contributed by atoms with Crippen LogP contribution >= 0.6 is 0 Å². The van der Waals surface area contributed by atoms with E-state index in [1.54, 1.807) is 14.2 Å². The van der Waals surface area contributed by atoms with Crippen molar-refractivity contribution in [3.63, 3.8) is 0 Å². The fourth-order valence-electron chi connectivity index (χ4n) is 4.79. The van der Waals surface area contributed by atoms with Crippen LogP contribution < -0.4 is 10.5 Å². The van der Waals surface area contributed by atoms with Crippen molar-refractivity contribution in [3.05, 3.63) is 29.3 Å². The van der Waals surface area contributed by atoms with Gasteiger partial charge in [-0.05, 0) is 56.7 Å². The fourth-order valence-corrected chi connectivity index (χ4v) is 4.79. The van der Waals surface area contributed by atoms with Crippen molar-refractivity contribution in [2.24, 2.45) is 16.6 Å². The Bertz CT molecular complexity index is 932. The average Bonchev–Trinajstić information content (AvgIpc) is 3.47. The molecule has 2 aliphatic heterocycles. The van der Waals surface area contributed by atoms with Crippen LogP contribution in [0.5, 0.6) is 5.75 Å². The number of fused-ring (bicyclic) bond motifs is 3. The van der Waals surface area contributed by atoms with Crippen LogP contribution in [0.2, 0.25) is 0 Å². The number of ether oxygens (including phenoxy) is 2. The lowest BCUT2D eigenvalue weighted by atomic mass is 9.68. The molecule has 1 aromatic carbocycles. The van der Waals surface area contributed by atoms with Gasteiger partial charge in [0, 0.05) is 31.2 Å². The van der Waals surface area contributed by atoms with Gasteiger partial charge < -0.3 is 15.2 Å². The lowest BCUT2D eigenvalue weighted by Gasteiger charge is -2.43. The first kappa shape index (κ1) is 17.6. The number of carbonyl (C=O) groups excluding carboxylic acids is 1. The Hall–Kier alpha value is -2.52. The third-order valence-electron chi connectivity index (χ3n) is 6.65. The first-order valence-electron chi connectivity index (χ1n) is 10.0. The van der Waals surface area contributed by atoms with Crippen molar-refractivity contribution >= 4 is 11.9 Å². The number of nitrogens with zero attached hydrogens (tertiary/aromatic N) is 2. The number of guanidine groups is 1. The Kier molecular flexibility index (Phi) is 3.76. The molecule has 0 saturated heterocycles. The zero-order valence-corrected chi connectivity index (χ0v) is 16.3. The van der Waals surface area contributed by atoms with Crippen molar-refractivity contribution in [1.82, 2.24) is 4.90 Å². The molecular formula is C22H25N3O3. The van der Waals surface area contributed by atoms with E-state index in [9.17, 15) is 4.79 Å². The van der Waals surface area contributed by atoms with Crippen LogP contribution in [0.15, 0.2) is 23.2 Å². The highest BCUT2D eigenvalue weighted by molar-refractivity contribution is 6.08. The molecule has 1 aromatic rings. The second-order valence-corrected chi connectivity index (χ2v) is 8.33. The van der Waals surface area contributed by atoms with Crippen LogP contribution in [0.25, 0.3) is 0 Å². The highest BCUT2D eigenvalue weighted by Crippen LogP contribution is 2.58. The first-order valence-corrected chi connectivity index (χ1v) is 10.0. The Labute approximate surface area is 165 Å². The van der Waals surface area contributed by atoms with E-state index in [1.807, 2.05) is 18.2 Å². The number of nitrogens with two attached hydrogens (primary N) is 1. The minimum atomic E-state index is -1.13. The van der Waals surface area contributed by atoms with Gasteiger partial charge in [-0.1, -0.05) is 11.8 Å². The lowest BCUT2D eigenvalue weighted by Crippen LogP contribution is -2.57. The number of amides is 1. The third-order valence-corrected chi connectivity index (χ3v) is 6.65. The number of carbonyl (C=O) groups is 1. The normalized spacial score (nSPS) is 33.5. The van der Waals surface area contributed by atoms with Gasteiger partial charge in [-0.3, -0.25) is 9.69 Å². The smallest absolute Gasteiger partial charge is 0.266 e. The molecule has 5 rings (SSSR count). The van der Waals surface area contributed by atoms with Crippen LogP contribution in [0.3, 0.4) is 0 Å². The summed E-state index contributed by atoms with van der Waals surface area (Å²) in [5.41, 5.74) is 5.96.